The maximum Gasteiger partial charge on any atom is 0.305 e. The molecule has 0 saturated carbocycles. The fourth-order valence-electron chi connectivity index (χ4n) is 3.00. The van der Waals surface area contributed by atoms with Gasteiger partial charge in [-0.1, -0.05) is 18.2 Å². The first kappa shape index (κ1) is 19.0. The lowest BCUT2D eigenvalue weighted by atomic mass is 10.0. The van der Waals surface area contributed by atoms with E-state index in [0.29, 0.717) is 19.0 Å². The van der Waals surface area contributed by atoms with Crippen LogP contribution in [-0.2, 0) is 14.3 Å². The third-order valence-electron chi connectivity index (χ3n) is 4.35. The van der Waals surface area contributed by atoms with Crippen molar-refractivity contribution in [3.05, 3.63) is 35.9 Å². The van der Waals surface area contributed by atoms with Crippen LogP contribution in [0.25, 0.3) is 5.57 Å². The number of rotatable bonds is 7. The zero-order chi connectivity index (χ0) is 18.2. The molecule has 1 fully saturated rings. The molecule has 0 bridgehead atoms. The van der Waals surface area contributed by atoms with Gasteiger partial charge in [0.2, 0.25) is 5.91 Å². The number of carboxylic acid groups (broad SMARTS) is 1. The maximum atomic E-state index is 12.8. The molecule has 136 valence electrons. The van der Waals surface area contributed by atoms with Gasteiger partial charge in [0, 0.05) is 37.4 Å². The van der Waals surface area contributed by atoms with Crippen LogP contribution in [-0.4, -0.2) is 54.8 Å². The molecule has 0 aliphatic carbocycles. The van der Waals surface area contributed by atoms with Gasteiger partial charge in [-0.15, -0.1) is 0 Å². The van der Waals surface area contributed by atoms with Crippen molar-refractivity contribution >= 4 is 17.4 Å². The zero-order valence-corrected chi connectivity index (χ0v) is 14.7. The van der Waals surface area contributed by atoms with E-state index >= 15 is 0 Å². The van der Waals surface area contributed by atoms with E-state index < -0.39 is 5.97 Å². The second-order valence-electron chi connectivity index (χ2n) is 6.05. The van der Waals surface area contributed by atoms with Crippen LogP contribution < -0.4 is 4.74 Å². The number of methoxy groups -OCH3 is 1. The molecule has 0 unspecified atom stereocenters. The van der Waals surface area contributed by atoms with Crippen LogP contribution in [0.15, 0.2) is 30.3 Å². The molecule has 1 N–H and O–H groups in total. The standard InChI is InChI=1S/C19H25NO5/c1-14(16-5-3-4-6-17(16)24-2)13-18(21)20(10-7-19(22)23)15-8-11-25-12-9-15/h3-6,13,15H,7-12H2,1-2H3,(H,22,23). The van der Waals surface area contributed by atoms with E-state index in [9.17, 15) is 9.59 Å². The maximum absolute atomic E-state index is 12.8. The van der Waals surface area contributed by atoms with Gasteiger partial charge in [0.05, 0.1) is 13.5 Å². The number of amides is 1. The Morgan fingerprint density at radius 2 is 2.00 bits per heavy atom. The third-order valence-corrected chi connectivity index (χ3v) is 4.35. The molecule has 6 nitrogen and oxygen atoms in total. The molecular weight excluding hydrogens is 322 g/mol. The van der Waals surface area contributed by atoms with Crippen LogP contribution in [0.3, 0.4) is 0 Å². The highest BCUT2D eigenvalue weighted by Gasteiger charge is 2.25. The molecule has 1 aromatic carbocycles. The van der Waals surface area contributed by atoms with E-state index in [1.54, 1.807) is 18.1 Å². The number of aliphatic carboxylic acids is 1. The SMILES string of the molecule is COc1ccccc1C(C)=CC(=O)N(CCC(=O)O)C1CCOCC1. The highest BCUT2D eigenvalue weighted by Crippen LogP contribution is 2.26. The quantitative estimate of drug-likeness (QED) is 0.767. The normalized spacial score (nSPS) is 15.7. The van der Waals surface area contributed by atoms with Gasteiger partial charge in [0.15, 0.2) is 0 Å². The van der Waals surface area contributed by atoms with Crippen molar-refractivity contribution in [1.29, 1.82) is 0 Å². The number of allylic oxidation sites excluding steroid dienone is 1. The number of para-hydroxylation sites is 1. The molecule has 0 atom stereocenters. The number of hydrogen-bond donors (Lipinski definition) is 1. The van der Waals surface area contributed by atoms with Crippen molar-refractivity contribution < 1.29 is 24.2 Å². The summed E-state index contributed by atoms with van der Waals surface area (Å²) in [5.41, 5.74) is 1.64. The minimum atomic E-state index is -0.907. The molecule has 1 amide bonds. The lowest BCUT2D eigenvalue weighted by Crippen LogP contribution is -2.43. The summed E-state index contributed by atoms with van der Waals surface area (Å²) < 4.78 is 10.7. The monoisotopic (exact) mass is 347 g/mol. The predicted octanol–water partition coefficient (Wildman–Crippen LogP) is 2.58. The highest BCUT2D eigenvalue weighted by atomic mass is 16.5. The van der Waals surface area contributed by atoms with Crippen LogP contribution in [0.2, 0.25) is 0 Å². The van der Waals surface area contributed by atoms with Crippen LogP contribution in [0.5, 0.6) is 5.75 Å². The number of carboxylic acids is 1. The second kappa shape index (κ2) is 9.22. The summed E-state index contributed by atoms with van der Waals surface area (Å²) in [7, 11) is 1.59. The van der Waals surface area contributed by atoms with Gasteiger partial charge in [-0.3, -0.25) is 9.59 Å². The number of carbonyl (C=O) groups is 2. The Morgan fingerprint density at radius 3 is 2.64 bits per heavy atom. The van der Waals surface area contributed by atoms with Gasteiger partial charge >= 0.3 is 5.97 Å². The summed E-state index contributed by atoms with van der Waals surface area (Å²) in [6, 6.07) is 7.52. The summed E-state index contributed by atoms with van der Waals surface area (Å²) in [4.78, 5) is 25.4. The van der Waals surface area contributed by atoms with E-state index in [2.05, 4.69) is 0 Å². The van der Waals surface area contributed by atoms with E-state index in [0.717, 1.165) is 24.0 Å². The Hall–Kier alpha value is -2.34. The van der Waals surface area contributed by atoms with E-state index in [-0.39, 0.29) is 24.9 Å². The van der Waals surface area contributed by atoms with E-state index in [1.165, 1.54) is 0 Å². The molecule has 0 aromatic heterocycles. The van der Waals surface area contributed by atoms with Gasteiger partial charge < -0.3 is 19.5 Å². The molecule has 6 heteroatoms. The number of nitrogens with zero attached hydrogens (tertiary/aromatic N) is 1. The summed E-state index contributed by atoms with van der Waals surface area (Å²) in [5.74, 6) is -0.376. The average molecular weight is 347 g/mol. The Bertz CT molecular complexity index is 634. The molecule has 1 heterocycles. The van der Waals surface area contributed by atoms with Gasteiger partial charge in [0.25, 0.3) is 0 Å². The van der Waals surface area contributed by atoms with Crippen molar-refractivity contribution in [2.24, 2.45) is 0 Å². The van der Waals surface area contributed by atoms with Crippen LogP contribution in [0.4, 0.5) is 0 Å². The molecule has 1 aliphatic heterocycles. The molecule has 25 heavy (non-hydrogen) atoms. The first-order valence-electron chi connectivity index (χ1n) is 8.44. The molecule has 2 rings (SSSR count). The van der Waals surface area contributed by atoms with Gasteiger partial charge in [-0.2, -0.15) is 0 Å². The summed E-state index contributed by atoms with van der Waals surface area (Å²) >= 11 is 0. The third kappa shape index (κ3) is 5.32. The molecule has 0 spiro atoms. The number of hydrogen-bond acceptors (Lipinski definition) is 4. The van der Waals surface area contributed by atoms with Crippen molar-refractivity contribution in [1.82, 2.24) is 4.90 Å². The van der Waals surface area contributed by atoms with Crippen LogP contribution in [0.1, 0.15) is 31.7 Å². The first-order valence-corrected chi connectivity index (χ1v) is 8.44. The fraction of sp³-hybridized carbons (Fsp3) is 0.474. The number of carbonyl (C=O) groups excluding carboxylic acids is 1. The fourth-order valence-corrected chi connectivity index (χ4v) is 3.00. The number of benzene rings is 1. The van der Waals surface area contributed by atoms with Gasteiger partial charge in [-0.25, -0.2) is 0 Å². The Morgan fingerprint density at radius 1 is 1.32 bits per heavy atom. The van der Waals surface area contributed by atoms with Crippen molar-refractivity contribution in [3.63, 3.8) is 0 Å². The molecule has 1 aromatic rings. The van der Waals surface area contributed by atoms with Gasteiger partial charge in [-0.05, 0) is 31.4 Å². The summed E-state index contributed by atoms with van der Waals surface area (Å²) in [5, 5.41) is 8.98. The second-order valence-corrected chi connectivity index (χ2v) is 6.05. The summed E-state index contributed by atoms with van der Waals surface area (Å²) in [6.45, 7) is 3.25. The number of ether oxygens (including phenoxy) is 2. The predicted molar refractivity (Wildman–Crippen MR) is 94.5 cm³/mol. The minimum Gasteiger partial charge on any atom is -0.496 e. The molecular formula is C19H25NO5. The Balaban J connectivity index is 2.20. The Labute approximate surface area is 148 Å². The van der Waals surface area contributed by atoms with Gasteiger partial charge in [0.1, 0.15) is 5.75 Å². The molecule has 1 saturated heterocycles. The Kier molecular flexibility index (Phi) is 7.01. The van der Waals surface area contributed by atoms with Crippen LogP contribution >= 0.6 is 0 Å². The largest absolute Gasteiger partial charge is 0.496 e. The van der Waals surface area contributed by atoms with Crippen molar-refractivity contribution in [2.45, 2.75) is 32.2 Å². The van der Waals surface area contributed by atoms with Crippen LogP contribution in [0, 0.1) is 0 Å². The highest BCUT2D eigenvalue weighted by molar-refractivity contribution is 5.95. The van der Waals surface area contributed by atoms with E-state index in [4.69, 9.17) is 14.6 Å². The lowest BCUT2D eigenvalue weighted by molar-refractivity contribution is -0.138. The molecule has 1 aliphatic rings. The lowest BCUT2D eigenvalue weighted by Gasteiger charge is -2.33. The summed E-state index contributed by atoms with van der Waals surface area (Å²) in [6.07, 6.45) is 2.96. The average Bonchev–Trinajstić information content (AvgIpc) is 2.62. The van der Waals surface area contributed by atoms with Crippen molar-refractivity contribution in [2.75, 3.05) is 26.9 Å². The van der Waals surface area contributed by atoms with Crippen molar-refractivity contribution in [3.8, 4) is 5.75 Å². The smallest absolute Gasteiger partial charge is 0.305 e. The topological polar surface area (TPSA) is 76.1 Å². The zero-order valence-electron chi connectivity index (χ0n) is 14.7. The molecule has 0 radical (unpaired) electrons. The minimum absolute atomic E-state index is 0.0160. The van der Waals surface area contributed by atoms with E-state index in [1.807, 2.05) is 31.2 Å². The first-order chi connectivity index (χ1) is 12.0.